The van der Waals surface area contributed by atoms with Crippen molar-refractivity contribution in [3.8, 4) is 0 Å². The van der Waals surface area contributed by atoms with Crippen molar-refractivity contribution in [2.75, 3.05) is 33.7 Å². The molecule has 0 aliphatic heterocycles. The molecule has 0 radical (unpaired) electrons. The van der Waals surface area contributed by atoms with Gasteiger partial charge in [-0.1, -0.05) is 6.07 Å². The molecule has 0 aliphatic rings. The number of pyridine rings is 1. The Labute approximate surface area is 97.3 Å². The van der Waals surface area contributed by atoms with Gasteiger partial charge in [0.25, 0.3) is 0 Å². The quantitative estimate of drug-likeness (QED) is 0.645. The molecule has 1 aromatic heterocycles. The zero-order chi connectivity index (χ0) is 11.8. The third-order valence-electron chi connectivity index (χ3n) is 2.24. The molecule has 1 rings (SSSR count). The first-order valence-electron chi connectivity index (χ1n) is 5.62. The van der Waals surface area contributed by atoms with Crippen LogP contribution in [-0.4, -0.2) is 54.8 Å². The molecular formula is C12H21N3O. The van der Waals surface area contributed by atoms with E-state index in [2.05, 4.69) is 10.3 Å². The zero-order valence-corrected chi connectivity index (χ0v) is 10.1. The SMILES string of the molecule is CN(C)CC(O)CNCCc1ccccn1. The fourth-order valence-electron chi connectivity index (χ4n) is 1.52. The summed E-state index contributed by atoms with van der Waals surface area (Å²) in [5.41, 5.74) is 1.08. The van der Waals surface area contributed by atoms with Gasteiger partial charge in [-0.15, -0.1) is 0 Å². The van der Waals surface area contributed by atoms with E-state index in [9.17, 15) is 5.11 Å². The van der Waals surface area contributed by atoms with Gasteiger partial charge in [0.1, 0.15) is 0 Å². The van der Waals surface area contributed by atoms with Crippen LogP contribution in [0.5, 0.6) is 0 Å². The van der Waals surface area contributed by atoms with Crippen molar-refractivity contribution >= 4 is 0 Å². The third kappa shape index (κ3) is 5.80. The highest BCUT2D eigenvalue weighted by Gasteiger charge is 2.04. The highest BCUT2D eigenvalue weighted by atomic mass is 16.3. The molecule has 16 heavy (non-hydrogen) atoms. The van der Waals surface area contributed by atoms with Crippen LogP contribution < -0.4 is 5.32 Å². The van der Waals surface area contributed by atoms with Crippen molar-refractivity contribution in [2.45, 2.75) is 12.5 Å². The standard InChI is InChI=1S/C12H21N3O/c1-15(2)10-12(16)9-13-8-6-11-5-3-4-7-14-11/h3-5,7,12-13,16H,6,8-10H2,1-2H3. The van der Waals surface area contributed by atoms with Crippen molar-refractivity contribution in [3.05, 3.63) is 30.1 Å². The van der Waals surface area contributed by atoms with Crippen LogP contribution in [0.2, 0.25) is 0 Å². The van der Waals surface area contributed by atoms with Crippen LogP contribution in [0.4, 0.5) is 0 Å². The van der Waals surface area contributed by atoms with E-state index in [0.29, 0.717) is 13.1 Å². The second-order valence-electron chi connectivity index (χ2n) is 4.19. The molecular weight excluding hydrogens is 202 g/mol. The second-order valence-corrected chi connectivity index (χ2v) is 4.19. The van der Waals surface area contributed by atoms with Gasteiger partial charge in [0, 0.05) is 37.9 Å². The van der Waals surface area contributed by atoms with E-state index in [-0.39, 0.29) is 6.10 Å². The average molecular weight is 223 g/mol. The molecule has 4 heteroatoms. The molecule has 0 amide bonds. The molecule has 0 saturated carbocycles. The number of nitrogens with one attached hydrogen (secondary N) is 1. The summed E-state index contributed by atoms with van der Waals surface area (Å²) in [6, 6.07) is 5.92. The van der Waals surface area contributed by atoms with Gasteiger partial charge in [0.2, 0.25) is 0 Å². The Kier molecular flexibility index (Phi) is 6.00. The third-order valence-corrected chi connectivity index (χ3v) is 2.24. The van der Waals surface area contributed by atoms with Gasteiger partial charge in [0.05, 0.1) is 6.10 Å². The zero-order valence-electron chi connectivity index (χ0n) is 10.1. The number of aliphatic hydroxyl groups excluding tert-OH is 1. The molecule has 0 saturated heterocycles. The number of hydrogen-bond donors (Lipinski definition) is 2. The number of aliphatic hydroxyl groups is 1. The van der Waals surface area contributed by atoms with Gasteiger partial charge in [-0.2, -0.15) is 0 Å². The Balaban J connectivity index is 2.08. The van der Waals surface area contributed by atoms with Crippen LogP contribution in [-0.2, 0) is 6.42 Å². The topological polar surface area (TPSA) is 48.4 Å². The van der Waals surface area contributed by atoms with Crippen molar-refractivity contribution in [1.82, 2.24) is 15.2 Å². The number of nitrogens with zero attached hydrogens (tertiary/aromatic N) is 2. The lowest BCUT2D eigenvalue weighted by Gasteiger charge is -2.16. The lowest BCUT2D eigenvalue weighted by Crippen LogP contribution is -2.35. The second kappa shape index (κ2) is 7.33. The van der Waals surface area contributed by atoms with Crippen molar-refractivity contribution < 1.29 is 5.11 Å². The lowest BCUT2D eigenvalue weighted by atomic mass is 10.2. The van der Waals surface area contributed by atoms with E-state index in [1.165, 1.54) is 0 Å². The molecule has 1 atom stereocenters. The molecule has 1 heterocycles. The van der Waals surface area contributed by atoms with Crippen LogP contribution in [0, 0.1) is 0 Å². The predicted octanol–water partition coefficient (Wildman–Crippen LogP) is 0.136. The molecule has 0 aromatic carbocycles. The summed E-state index contributed by atoms with van der Waals surface area (Å²) >= 11 is 0. The lowest BCUT2D eigenvalue weighted by molar-refractivity contribution is 0.135. The molecule has 4 nitrogen and oxygen atoms in total. The van der Waals surface area contributed by atoms with E-state index >= 15 is 0 Å². The minimum atomic E-state index is -0.307. The van der Waals surface area contributed by atoms with Crippen LogP contribution in [0.1, 0.15) is 5.69 Å². The molecule has 1 unspecified atom stereocenters. The van der Waals surface area contributed by atoms with E-state index in [1.807, 2.05) is 37.2 Å². The van der Waals surface area contributed by atoms with Crippen molar-refractivity contribution in [2.24, 2.45) is 0 Å². The summed E-state index contributed by atoms with van der Waals surface area (Å²) in [6.45, 7) is 2.17. The number of aromatic nitrogens is 1. The van der Waals surface area contributed by atoms with Gasteiger partial charge in [-0.05, 0) is 26.2 Å². The van der Waals surface area contributed by atoms with Crippen LogP contribution >= 0.6 is 0 Å². The smallest absolute Gasteiger partial charge is 0.0791 e. The Morgan fingerprint density at radius 3 is 2.88 bits per heavy atom. The first-order valence-corrected chi connectivity index (χ1v) is 5.62. The highest BCUT2D eigenvalue weighted by molar-refractivity contribution is 5.03. The minimum absolute atomic E-state index is 0.307. The summed E-state index contributed by atoms with van der Waals surface area (Å²) in [5, 5.41) is 12.8. The van der Waals surface area contributed by atoms with Gasteiger partial charge in [-0.3, -0.25) is 4.98 Å². The molecule has 2 N–H and O–H groups in total. The van der Waals surface area contributed by atoms with Crippen molar-refractivity contribution in [1.29, 1.82) is 0 Å². The monoisotopic (exact) mass is 223 g/mol. The first kappa shape index (κ1) is 13.1. The Hall–Kier alpha value is -0.970. The molecule has 0 aliphatic carbocycles. The summed E-state index contributed by atoms with van der Waals surface area (Å²) in [6.07, 6.45) is 2.39. The Bertz CT molecular complexity index is 277. The minimum Gasteiger partial charge on any atom is -0.390 e. The van der Waals surface area contributed by atoms with E-state index in [0.717, 1.165) is 18.7 Å². The van der Waals surface area contributed by atoms with Gasteiger partial charge in [0.15, 0.2) is 0 Å². The number of likely N-dealkylation sites (N-methyl/N-ethyl adjacent to an activating group) is 1. The van der Waals surface area contributed by atoms with E-state index < -0.39 is 0 Å². The van der Waals surface area contributed by atoms with Crippen LogP contribution in [0.15, 0.2) is 24.4 Å². The largest absolute Gasteiger partial charge is 0.390 e. The molecule has 0 fully saturated rings. The Morgan fingerprint density at radius 2 is 2.25 bits per heavy atom. The van der Waals surface area contributed by atoms with Gasteiger partial charge in [-0.25, -0.2) is 0 Å². The highest BCUT2D eigenvalue weighted by Crippen LogP contribution is 1.93. The number of rotatable bonds is 7. The molecule has 1 aromatic rings. The predicted molar refractivity (Wildman–Crippen MR) is 65.4 cm³/mol. The first-order chi connectivity index (χ1) is 7.68. The molecule has 0 bridgehead atoms. The van der Waals surface area contributed by atoms with E-state index in [4.69, 9.17) is 0 Å². The maximum absolute atomic E-state index is 9.60. The summed E-state index contributed by atoms with van der Waals surface area (Å²) in [5.74, 6) is 0. The van der Waals surface area contributed by atoms with Crippen LogP contribution in [0.3, 0.4) is 0 Å². The van der Waals surface area contributed by atoms with E-state index in [1.54, 1.807) is 6.20 Å². The van der Waals surface area contributed by atoms with Crippen molar-refractivity contribution in [3.63, 3.8) is 0 Å². The average Bonchev–Trinajstić information content (AvgIpc) is 2.25. The Morgan fingerprint density at radius 1 is 1.44 bits per heavy atom. The van der Waals surface area contributed by atoms with Crippen LogP contribution in [0.25, 0.3) is 0 Å². The fourth-order valence-corrected chi connectivity index (χ4v) is 1.52. The molecule has 0 spiro atoms. The van der Waals surface area contributed by atoms with Gasteiger partial charge >= 0.3 is 0 Å². The summed E-state index contributed by atoms with van der Waals surface area (Å²) in [7, 11) is 3.91. The summed E-state index contributed by atoms with van der Waals surface area (Å²) in [4.78, 5) is 6.21. The fraction of sp³-hybridized carbons (Fsp3) is 0.583. The maximum Gasteiger partial charge on any atom is 0.0791 e. The maximum atomic E-state index is 9.60. The normalized spacial score (nSPS) is 13.0. The molecule has 90 valence electrons. The number of hydrogen-bond acceptors (Lipinski definition) is 4. The van der Waals surface area contributed by atoms with Gasteiger partial charge < -0.3 is 15.3 Å². The summed E-state index contributed by atoms with van der Waals surface area (Å²) < 4.78 is 0.